The summed E-state index contributed by atoms with van der Waals surface area (Å²) in [5.74, 6) is 0.413. The molecule has 0 fully saturated rings. The standard InChI is InChI=1S/C13H16FN3O/c1-8-6-13(15)17(16-8)9(2)10-4-5-12(18-3)11(14)7-10/h4-7,9H,15H2,1-3H3. The summed E-state index contributed by atoms with van der Waals surface area (Å²) in [5, 5.41) is 4.30. The summed E-state index contributed by atoms with van der Waals surface area (Å²) in [4.78, 5) is 0. The van der Waals surface area contributed by atoms with E-state index in [2.05, 4.69) is 5.10 Å². The summed E-state index contributed by atoms with van der Waals surface area (Å²) in [7, 11) is 1.44. The van der Waals surface area contributed by atoms with Crippen molar-refractivity contribution in [2.45, 2.75) is 19.9 Å². The molecule has 1 aromatic carbocycles. The lowest BCUT2D eigenvalue weighted by Crippen LogP contribution is -2.11. The smallest absolute Gasteiger partial charge is 0.165 e. The summed E-state index contributed by atoms with van der Waals surface area (Å²) in [5.41, 5.74) is 7.49. The minimum atomic E-state index is -0.385. The second kappa shape index (κ2) is 4.68. The van der Waals surface area contributed by atoms with E-state index in [1.54, 1.807) is 16.8 Å². The molecule has 0 spiro atoms. The van der Waals surface area contributed by atoms with Crippen molar-refractivity contribution >= 4 is 5.82 Å². The minimum Gasteiger partial charge on any atom is -0.494 e. The molecule has 2 N–H and O–H groups in total. The normalized spacial score (nSPS) is 12.4. The van der Waals surface area contributed by atoms with Gasteiger partial charge >= 0.3 is 0 Å². The fourth-order valence-corrected chi connectivity index (χ4v) is 1.93. The van der Waals surface area contributed by atoms with Crippen molar-refractivity contribution in [1.29, 1.82) is 0 Å². The number of benzene rings is 1. The van der Waals surface area contributed by atoms with Gasteiger partial charge in [0.05, 0.1) is 18.8 Å². The van der Waals surface area contributed by atoms with Gasteiger partial charge in [-0.3, -0.25) is 0 Å². The van der Waals surface area contributed by atoms with Crippen LogP contribution in [-0.2, 0) is 0 Å². The van der Waals surface area contributed by atoms with Gasteiger partial charge in [-0.1, -0.05) is 6.07 Å². The number of aromatic nitrogens is 2. The van der Waals surface area contributed by atoms with E-state index in [9.17, 15) is 4.39 Å². The highest BCUT2D eigenvalue weighted by Crippen LogP contribution is 2.25. The fraction of sp³-hybridized carbons (Fsp3) is 0.308. The van der Waals surface area contributed by atoms with Gasteiger partial charge in [-0.2, -0.15) is 5.10 Å². The molecule has 0 saturated carbocycles. The monoisotopic (exact) mass is 249 g/mol. The van der Waals surface area contributed by atoms with Gasteiger partial charge in [-0.05, 0) is 31.5 Å². The number of rotatable bonds is 3. The SMILES string of the molecule is COc1ccc(C(C)n2nc(C)cc2N)cc1F. The van der Waals surface area contributed by atoms with Gasteiger partial charge in [0.1, 0.15) is 5.82 Å². The maximum absolute atomic E-state index is 13.6. The highest BCUT2D eigenvalue weighted by molar-refractivity contribution is 5.35. The van der Waals surface area contributed by atoms with E-state index in [4.69, 9.17) is 10.5 Å². The number of anilines is 1. The first kappa shape index (κ1) is 12.4. The quantitative estimate of drug-likeness (QED) is 0.909. The number of nitrogen functional groups attached to an aromatic ring is 1. The number of methoxy groups -OCH3 is 1. The molecule has 0 bridgehead atoms. The van der Waals surface area contributed by atoms with Crippen LogP contribution < -0.4 is 10.5 Å². The predicted octanol–water partition coefficient (Wildman–Crippen LogP) is 2.53. The van der Waals surface area contributed by atoms with E-state index in [0.29, 0.717) is 5.82 Å². The second-order valence-electron chi connectivity index (χ2n) is 4.23. The van der Waals surface area contributed by atoms with E-state index < -0.39 is 0 Å². The van der Waals surface area contributed by atoms with Crippen LogP contribution in [-0.4, -0.2) is 16.9 Å². The highest BCUT2D eigenvalue weighted by atomic mass is 19.1. The number of halogens is 1. The topological polar surface area (TPSA) is 53.1 Å². The summed E-state index contributed by atoms with van der Waals surface area (Å²) >= 11 is 0. The summed E-state index contributed by atoms with van der Waals surface area (Å²) in [6.45, 7) is 3.79. The van der Waals surface area contributed by atoms with E-state index in [1.165, 1.54) is 13.2 Å². The minimum absolute atomic E-state index is 0.126. The third-order valence-electron chi connectivity index (χ3n) is 2.91. The lowest BCUT2D eigenvalue weighted by Gasteiger charge is -2.15. The van der Waals surface area contributed by atoms with Crippen LogP contribution in [0.5, 0.6) is 5.75 Å². The van der Waals surface area contributed by atoms with Crippen molar-refractivity contribution in [2.24, 2.45) is 0 Å². The molecule has 0 aliphatic rings. The maximum Gasteiger partial charge on any atom is 0.165 e. The molecular formula is C13H16FN3O. The zero-order valence-electron chi connectivity index (χ0n) is 10.6. The Morgan fingerprint density at radius 1 is 1.39 bits per heavy atom. The molecule has 0 saturated heterocycles. The molecule has 0 radical (unpaired) electrons. The zero-order valence-corrected chi connectivity index (χ0v) is 10.6. The fourth-order valence-electron chi connectivity index (χ4n) is 1.93. The molecule has 1 unspecified atom stereocenters. The third kappa shape index (κ3) is 2.16. The highest BCUT2D eigenvalue weighted by Gasteiger charge is 2.14. The molecule has 1 atom stereocenters. The van der Waals surface area contributed by atoms with Crippen molar-refractivity contribution in [3.63, 3.8) is 0 Å². The largest absolute Gasteiger partial charge is 0.494 e. The third-order valence-corrected chi connectivity index (χ3v) is 2.91. The molecule has 2 rings (SSSR count). The Morgan fingerprint density at radius 3 is 2.61 bits per heavy atom. The molecule has 0 aliphatic carbocycles. The number of nitrogens with two attached hydrogens (primary N) is 1. The van der Waals surface area contributed by atoms with Gasteiger partial charge in [0.25, 0.3) is 0 Å². The summed E-state index contributed by atoms with van der Waals surface area (Å²) in [6, 6.07) is 6.52. The van der Waals surface area contributed by atoms with Crippen LogP contribution in [0.3, 0.4) is 0 Å². The van der Waals surface area contributed by atoms with E-state index >= 15 is 0 Å². The Morgan fingerprint density at radius 2 is 2.11 bits per heavy atom. The Kier molecular flexibility index (Phi) is 3.23. The van der Waals surface area contributed by atoms with Gasteiger partial charge in [0.2, 0.25) is 0 Å². The van der Waals surface area contributed by atoms with E-state index in [-0.39, 0.29) is 17.6 Å². The molecule has 0 amide bonds. The van der Waals surface area contributed by atoms with Gasteiger partial charge < -0.3 is 10.5 Å². The number of hydrogen-bond acceptors (Lipinski definition) is 3. The molecule has 2 aromatic rings. The zero-order chi connectivity index (χ0) is 13.3. The summed E-state index contributed by atoms with van der Waals surface area (Å²) < 4.78 is 20.2. The molecule has 1 aromatic heterocycles. The Balaban J connectivity index is 2.37. The van der Waals surface area contributed by atoms with Crippen molar-refractivity contribution in [3.8, 4) is 5.75 Å². The lowest BCUT2D eigenvalue weighted by atomic mass is 10.1. The number of aryl methyl sites for hydroxylation is 1. The molecule has 5 heteroatoms. The lowest BCUT2D eigenvalue weighted by molar-refractivity contribution is 0.385. The van der Waals surface area contributed by atoms with Crippen LogP contribution in [0.2, 0.25) is 0 Å². The predicted molar refractivity (Wildman–Crippen MR) is 68.1 cm³/mol. The van der Waals surface area contributed by atoms with E-state index in [1.807, 2.05) is 19.9 Å². The van der Waals surface area contributed by atoms with E-state index in [0.717, 1.165) is 11.3 Å². The van der Waals surface area contributed by atoms with Crippen LogP contribution >= 0.6 is 0 Å². The van der Waals surface area contributed by atoms with Crippen molar-refractivity contribution in [2.75, 3.05) is 12.8 Å². The first-order chi connectivity index (χ1) is 8.52. The first-order valence-electron chi connectivity index (χ1n) is 5.68. The molecule has 4 nitrogen and oxygen atoms in total. The molecule has 18 heavy (non-hydrogen) atoms. The van der Waals surface area contributed by atoms with Crippen molar-refractivity contribution in [1.82, 2.24) is 9.78 Å². The molecular weight excluding hydrogens is 233 g/mol. The average Bonchev–Trinajstić information content (AvgIpc) is 2.67. The van der Waals surface area contributed by atoms with Gasteiger partial charge in [0, 0.05) is 6.07 Å². The molecule has 96 valence electrons. The Bertz CT molecular complexity index is 565. The number of nitrogens with zero attached hydrogens (tertiary/aromatic N) is 2. The van der Waals surface area contributed by atoms with Crippen LogP contribution in [0.25, 0.3) is 0 Å². The summed E-state index contributed by atoms with van der Waals surface area (Å²) in [6.07, 6.45) is 0. The van der Waals surface area contributed by atoms with Crippen LogP contribution in [0.4, 0.5) is 10.2 Å². The maximum atomic E-state index is 13.6. The van der Waals surface area contributed by atoms with Gasteiger partial charge in [0.15, 0.2) is 11.6 Å². The van der Waals surface area contributed by atoms with Gasteiger partial charge in [-0.15, -0.1) is 0 Å². The Hall–Kier alpha value is -2.04. The van der Waals surface area contributed by atoms with Crippen LogP contribution in [0.1, 0.15) is 24.2 Å². The van der Waals surface area contributed by atoms with Crippen LogP contribution in [0.15, 0.2) is 24.3 Å². The second-order valence-corrected chi connectivity index (χ2v) is 4.23. The van der Waals surface area contributed by atoms with Gasteiger partial charge in [-0.25, -0.2) is 9.07 Å². The first-order valence-corrected chi connectivity index (χ1v) is 5.68. The van der Waals surface area contributed by atoms with Crippen molar-refractivity contribution < 1.29 is 9.13 Å². The molecule has 1 heterocycles. The number of hydrogen-bond donors (Lipinski definition) is 1. The molecule has 0 aliphatic heterocycles. The Labute approximate surface area is 105 Å². The average molecular weight is 249 g/mol. The number of ether oxygens (including phenoxy) is 1. The van der Waals surface area contributed by atoms with Crippen molar-refractivity contribution in [3.05, 3.63) is 41.3 Å². The van der Waals surface area contributed by atoms with Crippen LogP contribution in [0, 0.1) is 12.7 Å².